The molecule has 2 heteroatoms. The number of nitrogens with zero attached hydrogens (tertiary/aromatic N) is 1. The average molecular weight is 266 g/mol. The minimum absolute atomic E-state index is 0.619. The summed E-state index contributed by atoms with van der Waals surface area (Å²) in [6, 6.07) is 0.619. The van der Waals surface area contributed by atoms with Gasteiger partial charge in [-0.2, -0.15) is 0 Å². The Kier molecular flexibility index (Phi) is 6.74. The van der Waals surface area contributed by atoms with E-state index in [-0.39, 0.29) is 0 Å². The highest BCUT2D eigenvalue weighted by atomic mass is 15.2. The molecule has 0 radical (unpaired) electrons. The lowest BCUT2D eigenvalue weighted by Gasteiger charge is -2.28. The Bertz CT molecular complexity index is 274. The van der Waals surface area contributed by atoms with Gasteiger partial charge in [0.1, 0.15) is 0 Å². The van der Waals surface area contributed by atoms with Crippen molar-refractivity contribution in [3.8, 4) is 0 Å². The lowest BCUT2D eigenvalue weighted by Crippen LogP contribution is -2.37. The maximum absolute atomic E-state index is 4.21. The lowest BCUT2D eigenvalue weighted by atomic mass is 9.85. The zero-order valence-corrected chi connectivity index (χ0v) is 13.7. The van der Waals surface area contributed by atoms with Crippen LogP contribution in [-0.4, -0.2) is 24.5 Å². The van der Waals surface area contributed by atoms with E-state index < -0.39 is 0 Å². The predicted molar refractivity (Wildman–Crippen MR) is 84.9 cm³/mol. The first-order chi connectivity index (χ1) is 9.04. The molecule has 0 bridgehead atoms. The van der Waals surface area contributed by atoms with E-state index in [0.29, 0.717) is 6.04 Å². The van der Waals surface area contributed by atoms with Crippen LogP contribution in [0.4, 0.5) is 0 Å². The minimum atomic E-state index is 0.619. The van der Waals surface area contributed by atoms with Crippen LogP contribution in [0.15, 0.2) is 12.4 Å². The van der Waals surface area contributed by atoms with Crippen molar-refractivity contribution in [1.82, 2.24) is 10.2 Å². The molecule has 0 aromatic heterocycles. The maximum atomic E-state index is 4.21. The molecule has 1 saturated carbocycles. The van der Waals surface area contributed by atoms with E-state index in [1.54, 1.807) is 0 Å². The molecule has 4 unspecified atom stereocenters. The molecule has 1 rings (SSSR count). The van der Waals surface area contributed by atoms with Gasteiger partial charge in [-0.15, -0.1) is 0 Å². The van der Waals surface area contributed by atoms with E-state index in [9.17, 15) is 0 Å². The lowest BCUT2D eigenvalue weighted by molar-refractivity contribution is 0.286. The van der Waals surface area contributed by atoms with E-state index in [1.165, 1.54) is 32.1 Å². The summed E-state index contributed by atoms with van der Waals surface area (Å²) in [5.74, 6) is 3.67. The summed E-state index contributed by atoms with van der Waals surface area (Å²) in [7, 11) is 2.14. The predicted octanol–water partition coefficient (Wildman–Crippen LogP) is 4.24. The van der Waals surface area contributed by atoms with E-state index >= 15 is 0 Å². The molecule has 1 aliphatic rings. The van der Waals surface area contributed by atoms with Gasteiger partial charge >= 0.3 is 0 Å². The van der Waals surface area contributed by atoms with Gasteiger partial charge in [-0.3, -0.25) is 0 Å². The molecule has 1 N–H and O–H groups in total. The largest absolute Gasteiger partial charge is 0.369 e. The van der Waals surface area contributed by atoms with Crippen molar-refractivity contribution in [3.05, 3.63) is 12.4 Å². The number of hydrogen-bond donors (Lipinski definition) is 1. The third kappa shape index (κ3) is 4.15. The molecule has 112 valence electrons. The molecule has 0 heterocycles. The molecular formula is C17H34N2. The summed E-state index contributed by atoms with van der Waals surface area (Å²) in [6.07, 6.45) is 6.52. The standard InChI is InChI=1S/C17H34N2/c1-7-10-15-12-17(13(4)16(15)9-3)18-14(5)19(6)11-8-2/h13,15-18H,5,7-12H2,1-4,6H3. The fraction of sp³-hybridized carbons (Fsp3) is 0.882. The zero-order valence-electron chi connectivity index (χ0n) is 13.7. The van der Waals surface area contributed by atoms with Crippen LogP contribution >= 0.6 is 0 Å². The summed E-state index contributed by atoms with van der Waals surface area (Å²) in [5, 5.41) is 3.70. The monoisotopic (exact) mass is 266 g/mol. The topological polar surface area (TPSA) is 15.3 Å². The van der Waals surface area contributed by atoms with Gasteiger partial charge in [0.15, 0.2) is 0 Å². The molecule has 0 spiro atoms. The SMILES string of the molecule is C=C(NC1CC(CCC)C(CC)C1C)N(C)CCC. The molecule has 19 heavy (non-hydrogen) atoms. The van der Waals surface area contributed by atoms with Crippen molar-refractivity contribution in [3.63, 3.8) is 0 Å². The van der Waals surface area contributed by atoms with Gasteiger partial charge in [0.05, 0.1) is 5.82 Å². The van der Waals surface area contributed by atoms with Crippen LogP contribution in [0.1, 0.15) is 59.8 Å². The van der Waals surface area contributed by atoms with Crippen molar-refractivity contribution in [2.75, 3.05) is 13.6 Å². The first-order valence-electron chi connectivity index (χ1n) is 8.21. The molecule has 0 saturated heterocycles. The molecule has 0 aliphatic heterocycles. The first-order valence-corrected chi connectivity index (χ1v) is 8.21. The van der Waals surface area contributed by atoms with Crippen LogP contribution in [0.5, 0.6) is 0 Å². The Morgan fingerprint density at radius 1 is 1.26 bits per heavy atom. The van der Waals surface area contributed by atoms with E-state index in [4.69, 9.17) is 0 Å². The van der Waals surface area contributed by atoms with Crippen molar-refractivity contribution in [2.24, 2.45) is 17.8 Å². The first kappa shape index (κ1) is 16.4. The summed E-state index contributed by atoms with van der Waals surface area (Å²) >= 11 is 0. The average Bonchev–Trinajstić information content (AvgIpc) is 2.66. The van der Waals surface area contributed by atoms with Crippen LogP contribution < -0.4 is 5.32 Å². The summed E-state index contributed by atoms with van der Waals surface area (Å²) < 4.78 is 0. The number of nitrogens with one attached hydrogen (secondary N) is 1. The third-order valence-corrected chi connectivity index (χ3v) is 4.97. The van der Waals surface area contributed by atoms with Gasteiger partial charge in [0.25, 0.3) is 0 Å². The van der Waals surface area contributed by atoms with Gasteiger partial charge in [-0.1, -0.05) is 53.5 Å². The van der Waals surface area contributed by atoms with Gasteiger partial charge in [0.2, 0.25) is 0 Å². The van der Waals surface area contributed by atoms with Crippen LogP contribution in [-0.2, 0) is 0 Å². The second-order valence-corrected chi connectivity index (χ2v) is 6.33. The minimum Gasteiger partial charge on any atom is -0.369 e. The summed E-state index contributed by atoms with van der Waals surface area (Å²) in [4.78, 5) is 2.25. The fourth-order valence-electron chi connectivity index (χ4n) is 3.84. The normalized spacial score (nSPS) is 30.4. The van der Waals surface area contributed by atoms with Crippen molar-refractivity contribution in [2.45, 2.75) is 65.8 Å². The smallest absolute Gasteiger partial charge is 0.0938 e. The van der Waals surface area contributed by atoms with Gasteiger partial charge in [-0.05, 0) is 30.6 Å². The quantitative estimate of drug-likeness (QED) is 0.707. The summed E-state index contributed by atoms with van der Waals surface area (Å²) in [5.41, 5.74) is 0. The van der Waals surface area contributed by atoms with Crippen molar-refractivity contribution in [1.29, 1.82) is 0 Å². The maximum Gasteiger partial charge on any atom is 0.0938 e. The Balaban J connectivity index is 2.57. The van der Waals surface area contributed by atoms with Crippen LogP contribution in [0.2, 0.25) is 0 Å². The van der Waals surface area contributed by atoms with Crippen molar-refractivity contribution >= 4 is 0 Å². The van der Waals surface area contributed by atoms with Crippen LogP contribution in [0.25, 0.3) is 0 Å². The highest BCUT2D eigenvalue weighted by molar-refractivity contribution is 4.99. The number of rotatable bonds is 8. The van der Waals surface area contributed by atoms with E-state index in [2.05, 4.69) is 51.5 Å². The molecule has 4 atom stereocenters. The summed E-state index contributed by atoms with van der Waals surface area (Å²) in [6.45, 7) is 14.6. The fourth-order valence-corrected chi connectivity index (χ4v) is 3.84. The molecule has 1 aliphatic carbocycles. The highest BCUT2D eigenvalue weighted by Crippen LogP contribution is 2.41. The molecule has 0 aromatic carbocycles. The van der Waals surface area contributed by atoms with Crippen molar-refractivity contribution < 1.29 is 0 Å². The second-order valence-electron chi connectivity index (χ2n) is 6.33. The molecule has 2 nitrogen and oxygen atoms in total. The molecule has 1 fully saturated rings. The van der Waals surface area contributed by atoms with Gasteiger partial charge in [-0.25, -0.2) is 0 Å². The Morgan fingerprint density at radius 3 is 2.47 bits per heavy atom. The van der Waals surface area contributed by atoms with Crippen LogP contribution in [0.3, 0.4) is 0 Å². The van der Waals surface area contributed by atoms with Gasteiger partial charge < -0.3 is 10.2 Å². The third-order valence-electron chi connectivity index (χ3n) is 4.97. The zero-order chi connectivity index (χ0) is 14.4. The molecule has 0 amide bonds. The van der Waals surface area contributed by atoms with Crippen LogP contribution in [0, 0.1) is 17.8 Å². The Labute approximate surface area is 120 Å². The van der Waals surface area contributed by atoms with Gasteiger partial charge in [0, 0.05) is 19.6 Å². The van der Waals surface area contributed by atoms with E-state index in [1.807, 2.05) is 0 Å². The number of hydrogen-bond acceptors (Lipinski definition) is 2. The Hall–Kier alpha value is -0.660. The Morgan fingerprint density at radius 2 is 1.95 bits per heavy atom. The van der Waals surface area contributed by atoms with E-state index in [0.717, 1.165) is 30.1 Å². The second kappa shape index (κ2) is 7.81. The molecular weight excluding hydrogens is 232 g/mol. The highest BCUT2D eigenvalue weighted by Gasteiger charge is 2.39. The molecule has 0 aromatic rings.